The van der Waals surface area contributed by atoms with Gasteiger partial charge in [0.25, 0.3) is 5.91 Å². The van der Waals surface area contributed by atoms with Crippen LogP contribution in [0.4, 0.5) is 4.39 Å². The van der Waals surface area contributed by atoms with Gasteiger partial charge < -0.3 is 14.3 Å². The number of hydrogen-bond acceptors (Lipinski definition) is 7. The highest BCUT2D eigenvalue weighted by atomic mass is 32.2. The highest BCUT2D eigenvalue weighted by Crippen LogP contribution is 2.24. The minimum absolute atomic E-state index is 0.0169. The number of nitrogens with zero attached hydrogens (tertiary/aromatic N) is 5. The number of aromatic nitrogens is 5. The molecule has 0 bridgehead atoms. The Kier molecular flexibility index (Phi) is 6.08. The van der Waals surface area contributed by atoms with E-state index in [1.807, 2.05) is 30.3 Å². The summed E-state index contributed by atoms with van der Waals surface area (Å²) in [5.74, 6) is 0.802. The van der Waals surface area contributed by atoms with E-state index >= 15 is 0 Å². The van der Waals surface area contributed by atoms with E-state index in [1.165, 1.54) is 30.0 Å². The first-order valence-corrected chi connectivity index (χ1v) is 10.5. The van der Waals surface area contributed by atoms with Crippen LogP contribution < -0.4 is 5.32 Å². The molecule has 0 unspecified atom stereocenters. The molecule has 2 heterocycles. The zero-order valence-electron chi connectivity index (χ0n) is 16.8. The Bertz CT molecular complexity index is 1190. The first-order chi connectivity index (χ1) is 15.0. The van der Waals surface area contributed by atoms with Crippen molar-refractivity contribution in [1.29, 1.82) is 0 Å². The average Bonchev–Trinajstić information content (AvgIpc) is 3.40. The molecule has 0 aliphatic carbocycles. The summed E-state index contributed by atoms with van der Waals surface area (Å²) in [6, 6.07) is 14.9. The molecule has 0 saturated carbocycles. The van der Waals surface area contributed by atoms with Crippen LogP contribution >= 0.6 is 11.8 Å². The van der Waals surface area contributed by atoms with Gasteiger partial charge in [-0.05, 0) is 31.2 Å². The normalized spacial score (nSPS) is 12.0. The van der Waals surface area contributed by atoms with E-state index in [9.17, 15) is 9.18 Å². The first-order valence-electron chi connectivity index (χ1n) is 9.48. The van der Waals surface area contributed by atoms with Crippen LogP contribution in [-0.4, -0.2) is 30.9 Å². The maximum Gasteiger partial charge on any atom is 0.254 e. The van der Waals surface area contributed by atoms with E-state index < -0.39 is 17.8 Å². The molecule has 1 N–H and O–H groups in total. The van der Waals surface area contributed by atoms with Crippen LogP contribution in [0.5, 0.6) is 0 Å². The van der Waals surface area contributed by atoms with Crippen molar-refractivity contribution < 1.29 is 13.6 Å². The van der Waals surface area contributed by atoms with Crippen molar-refractivity contribution >= 4 is 17.7 Å². The second-order valence-corrected chi connectivity index (χ2v) is 7.67. The summed E-state index contributed by atoms with van der Waals surface area (Å²) in [6.07, 6.45) is 0. The molecule has 0 saturated heterocycles. The first kappa shape index (κ1) is 20.7. The van der Waals surface area contributed by atoms with E-state index in [2.05, 4.69) is 25.7 Å². The number of thioether (sulfide) groups is 1. The molecule has 0 aliphatic rings. The minimum atomic E-state index is -0.573. The van der Waals surface area contributed by atoms with Crippen molar-refractivity contribution in [3.63, 3.8) is 0 Å². The second-order valence-electron chi connectivity index (χ2n) is 6.73. The molecule has 1 atom stereocenters. The van der Waals surface area contributed by atoms with E-state index in [0.29, 0.717) is 28.5 Å². The number of rotatable bonds is 7. The average molecular weight is 438 g/mol. The van der Waals surface area contributed by atoms with E-state index in [0.717, 1.165) is 5.56 Å². The van der Waals surface area contributed by atoms with Crippen LogP contribution in [0.2, 0.25) is 0 Å². The Hall–Kier alpha value is -3.53. The highest BCUT2D eigenvalue weighted by molar-refractivity contribution is 7.98. The highest BCUT2D eigenvalue weighted by Gasteiger charge is 2.20. The SMILES string of the molecule is C[C@@H](NC(=O)c1ccccc1F)c1nnc(SCc2nnc(-c3ccccc3)o2)n1C. The van der Waals surface area contributed by atoms with Crippen LogP contribution in [0.15, 0.2) is 64.2 Å². The van der Waals surface area contributed by atoms with E-state index in [-0.39, 0.29) is 5.56 Å². The monoisotopic (exact) mass is 438 g/mol. The van der Waals surface area contributed by atoms with Crippen LogP contribution in [0.25, 0.3) is 11.5 Å². The summed E-state index contributed by atoms with van der Waals surface area (Å²) in [6.45, 7) is 1.77. The van der Waals surface area contributed by atoms with Gasteiger partial charge in [0.05, 0.1) is 17.4 Å². The van der Waals surface area contributed by atoms with Crippen molar-refractivity contribution in [3.8, 4) is 11.5 Å². The Balaban J connectivity index is 1.40. The number of halogens is 1. The molecular formula is C21H19FN6O2S. The van der Waals surface area contributed by atoms with Crippen LogP contribution in [0.1, 0.15) is 35.0 Å². The smallest absolute Gasteiger partial charge is 0.254 e. The lowest BCUT2D eigenvalue weighted by Gasteiger charge is -2.13. The van der Waals surface area contributed by atoms with Gasteiger partial charge in [0.15, 0.2) is 11.0 Å². The number of benzene rings is 2. The standard InChI is InChI=1S/C21H19FN6O2S/c1-13(23-19(29)15-10-6-7-11-16(15)22)18-25-27-21(28(18)2)31-12-17-24-26-20(30-17)14-8-4-3-5-9-14/h3-11,13H,12H2,1-2H3,(H,23,29)/t13-/m1/s1. The molecule has 4 aromatic rings. The quantitative estimate of drug-likeness (QED) is 0.438. The predicted octanol–water partition coefficient (Wildman–Crippen LogP) is 3.79. The number of carbonyl (C=O) groups is 1. The van der Waals surface area contributed by atoms with Crippen LogP contribution in [0.3, 0.4) is 0 Å². The third-order valence-electron chi connectivity index (χ3n) is 4.53. The molecule has 0 spiro atoms. The third-order valence-corrected chi connectivity index (χ3v) is 5.54. The van der Waals surface area contributed by atoms with Crippen molar-refractivity contribution in [2.75, 3.05) is 0 Å². The van der Waals surface area contributed by atoms with Gasteiger partial charge in [-0.2, -0.15) is 0 Å². The Labute approximate surface area is 181 Å². The molecule has 158 valence electrons. The summed E-state index contributed by atoms with van der Waals surface area (Å²) in [7, 11) is 1.80. The van der Waals surface area contributed by atoms with Crippen LogP contribution in [-0.2, 0) is 12.8 Å². The lowest BCUT2D eigenvalue weighted by Crippen LogP contribution is -2.29. The van der Waals surface area contributed by atoms with Gasteiger partial charge in [-0.25, -0.2) is 4.39 Å². The summed E-state index contributed by atoms with van der Waals surface area (Å²) in [5.41, 5.74) is 0.836. The minimum Gasteiger partial charge on any atom is -0.420 e. The largest absolute Gasteiger partial charge is 0.420 e. The molecule has 0 fully saturated rings. The molecule has 0 aliphatic heterocycles. The molecule has 2 aromatic heterocycles. The zero-order chi connectivity index (χ0) is 21.8. The lowest BCUT2D eigenvalue weighted by atomic mass is 10.2. The Morgan fingerprint density at radius 1 is 1.10 bits per heavy atom. The number of amides is 1. The molecule has 31 heavy (non-hydrogen) atoms. The fraction of sp³-hybridized carbons (Fsp3) is 0.190. The van der Waals surface area contributed by atoms with E-state index in [1.54, 1.807) is 24.6 Å². The van der Waals surface area contributed by atoms with Gasteiger partial charge in [-0.15, -0.1) is 20.4 Å². The molecule has 1 amide bonds. The summed E-state index contributed by atoms with van der Waals surface area (Å²) < 4.78 is 21.3. The molecule has 10 heteroatoms. The van der Waals surface area contributed by atoms with Gasteiger partial charge in [-0.3, -0.25) is 4.79 Å². The number of hydrogen-bond donors (Lipinski definition) is 1. The van der Waals surface area contributed by atoms with E-state index in [4.69, 9.17) is 4.42 Å². The maximum absolute atomic E-state index is 13.8. The zero-order valence-corrected chi connectivity index (χ0v) is 17.6. The van der Waals surface area contributed by atoms with Gasteiger partial charge in [0.1, 0.15) is 5.82 Å². The molecular weight excluding hydrogens is 419 g/mol. The van der Waals surface area contributed by atoms with Crippen molar-refractivity contribution in [1.82, 2.24) is 30.3 Å². The maximum atomic E-state index is 13.8. The van der Waals surface area contributed by atoms with Gasteiger partial charge in [-0.1, -0.05) is 42.1 Å². The topological polar surface area (TPSA) is 98.7 Å². The number of carbonyl (C=O) groups excluding carboxylic acids is 1. The molecule has 0 radical (unpaired) electrons. The molecule has 8 nitrogen and oxygen atoms in total. The lowest BCUT2D eigenvalue weighted by molar-refractivity contribution is 0.0933. The van der Waals surface area contributed by atoms with Gasteiger partial charge in [0, 0.05) is 12.6 Å². The second kappa shape index (κ2) is 9.09. The van der Waals surface area contributed by atoms with Gasteiger partial charge >= 0.3 is 0 Å². The summed E-state index contributed by atoms with van der Waals surface area (Å²) >= 11 is 1.39. The van der Waals surface area contributed by atoms with Crippen molar-refractivity contribution in [2.45, 2.75) is 23.9 Å². The Morgan fingerprint density at radius 2 is 1.84 bits per heavy atom. The van der Waals surface area contributed by atoms with Crippen molar-refractivity contribution in [3.05, 3.63) is 77.7 Å². The molecule has 4 rings (SSSR count). The molecule has 2 aromatic carbocycles. The third kappa shape index (κ3) is 4.64. The summed E-state index contributed by atoms with van der Waals surface area (Å²) in [5, 5.41) is 19.9. The predicted molar refractivity (Wildman–Crippen MR) is 113 cm³/mol. The number of nitrogens with one attached hydrogen (secondary N) is 1. The fourth-order valence-electron chi connectivity index (χ4n) is 2.95. The van der Waals surface area contributed by atoms with Crippen LogP contribution in [0, 0.1) is 5.82 Å². The summed E-state index contributed by atoms with van der Waals surface area (Å²) in [4.78, 5) is 12.4. The van der Waals surface area contributed by atoms with Gasteiger partial charge in [0.2, 0.25) is 11.8 Å². The fourth-order valence-corrected chi connectivity index (χ4v) is 3.70. The van der Waals surface area contributed by atoms with Crippen molar-refractivity contribution in [2.24, 2.45) is 7.05 Å². The Morgan fingerprint density at radius 3 is 2.61 bits per heavy atom.